The van der Waals surface area contributed by atoms with Crippen LogP contribution in [0.15, 0.2) is 35.3 Å². The highest BCUT2D eigenvalue weighted by Crippen LogP contribution is 2.39. The summed E-state index contributed by atoms with van der Waals surface area (Å²) in [5.74, 6) is -0.104. The minimum absolute atomic E-state index is 0.0434. The van der Waals surface area contributed by atoms with Crippen LogP contribution < -0.4 is 10.9 Å². The maximum Gasteiger partial charge on any atom is 0.255 e. The number of benzene rings is 1. The van der Waals surface area contributed by atoms with E-state index in [2.05, 4.69) is 10.3 Å². The SMILES string of the molecule is CC(=O)NC[C@H]1CCC2(CCN(C(=O)c3c[nH]c(=O)c4ccccc34)CC2)O1. The van der Waals surface area contributed by atoms with Crippen LogP contribution in [0.25, 0.3) is 10.8 Å². The third-order valence-electron chi connectivity index (χ3n) is 5.92. The van der Waals surface area contributed by atoms with E-state index in [1.165, 1.54) is 13.1 Å². The van der Waals surface area contributed by atoms with Gasteiger partial charge in [-0.25, -0.2) is 0 Å². The lowest BCUT2D eigenvalue weighted by Gasteiger charge is -2.39. The zero-order valence-corrected chi connectivity index (χ0v) is 16.0. The second kappa shape index (κ2) is 7.39. The van der Waals surface area contributed by atoms with Gasteiger partial charge in [-0.3, -0.25) is 14.4 Å². The number of fused-ring (bicyclic) bond motifs is 1. The molecule has 0 unspecified atom stereocenters. The first-order valence-electron chi connectivity index (χ1n) is 9.79. The predicted octanol–water partition coefficient (Wildman–Crippen LogP) is 1.82. The van der Waals surface area contributed by atoms with Crippen LogP contribution in [0.4, 0.5) is 0 Å². The Kier molecular flexibility index (Phi) is 4.93. The van der Waals surface area contributed by atoms with Crippen molar-refractivity contribution in [3.8, 4) is 0 Å². The maximum absolute atomic E-state index is 13.1. The van der Waals surface area contributed by atoms with Crippen molar-refractivity contribution in [2.24, 2.45) is 0 Å². The highest BCUT2D eigenvalue weighted by molar-refractivity contribution is 6.06. The first-order valence-corrected chi connectivity index (χ1v) is 9.79. The van der Waals surface area contributed by atoms with Gasteiger partial charge in [0.15, 0.2) is 0 Å². The van der Waals surface area contributed by atoms with E-state index >= 15 is 0 Å². The Hall–Kier alpha value is -2.67. The van der Waals surface area contributed by atoms with Crippen molar-refractivity contribution in [3.05, 3.63) is 46.4 Å². The average molecular weight is 383 g/mol. The number of piperidine rings is 1. The van der Waals surface area contributed by atoms with Crippen LogP contribution in [0.2, 0.25) is 0 Å². The Balaban J connectivity index is 1.44. The highest BCUT2D eigenvalue weighted by atomic mass is 16.5. The molecule has 2 saturated heterocycles. The van der Waals surface area contributed by atoms with Crippen LogP contribution in [-0.4, -0.2) is 53.0 Å². The topological polar surface area (TPSA) is 91.5 Å². The number of amides is 2. The molecule has 28 heavy (non-hydrogen) atoms. The van der Waals surface area contributed by atoms with Crippen LogP contribution in [-0.2, 0) is 9.53 Å². The van der Waals surface area contributed by atoms with E-state index in [-0.39, 0.29) is 29.1 Å². The number of aromatic nitrogens is 1. The number of aromatic amines is 1. The summed E-state index contributed by atoms with van der Waals surface area (Å²) < 4.78 is 6.26. The predicted molar refractivity (Wildman–Crippen MR) is 105 cm³/mol. The lowest BCUT2D eigenvalue weighted by Crippen LogP contribution is -2.47. The molecule has 2 aromatic rings. The number of carbonyl (C=O) groups is 2. The number of carbonyl (C=O) groups excluding carboxylic acids is 2. The smallest absolute Gasteiger partial charge is 0.255 e. The van der Waals surface area contributed by atoms with Gasteiger partial charge in [0.2, 0.25) is 5.91 Å². The molecule has 1 aromatic carbocycles. The van der Waals surface area contributed by atoms with Gasteiger partial charge in [-0.1, -0.05) is 18.2 Å². The summed E-state index contributed by atoms with van der Waals surface area (Å²) in [5.41, 5.74) is 0.156. The average Bonchev–Trinajstić information content (AvgIpc) is 3.10. The summed E-state index contributed by atoms with van der Waals surface area (Å²) in [5, 5.41) is 4.04. The molecule has 2 aliphatic heterocycles. The molecule has 1 aromatic heterocycles. The summed E-state index contributed by atoms with van der Waals surface area (Å²) >= 11 is 0. The second-order valence-electron chi connectivity index (χ2n) is 7.77. The largest absolute Gasteiger partial charge is 0.370 e. The number of likely N-dealkylation sites (tertiary alicyclic amines) is 1. The highest BCUT2D eigenvalue weighted by Gasteiger charge is 2.43. The van der Waals surface area contributed by atoms with Crippen LogP contribution in [0.1, 0.15) is 43.0 Å². The summed E-state index contributed by atoms with van der Waals surface area (Å²) in [7, 11) is 0. The Morgan fingerprint density at radius 2 is 1.93 bits per heavy atom. The molecule has 7 heteroatoms. The number of hydrogen-bond donors (Lipinski definition) is 2. The molecule has 0 saturated carbocycles. The van der Waals surface area contributed by atoms with E-state index in [9.17, 15) is 14.4 Å². The van der Waals surface area contributed by atoms with Gasteiger partial charge in [-0.15, -0.1) is 0 Å². The van der Waals surface area contributed by atoms with Gasteiger partial charge in [-0.05, 0) is 31.7 Å². The summed E-state index contributed by atoms with van der Waals surface area (Å²) in [6, 6.07) is 7.18. The number of ether oxygens (including phenoxy) is 1. The van der Waals surface area contributed by atoms with Gasteiger partial charge in [0.25, 0.3) is 11.5 Å². The lowest BCUT2D eigenvalue weighted by molar-refractivity contribution is -0.120. The van der Waals surface area contributed by atoms with E-state index in [4.69, 9.17) is 4.74 Å². The Bertz CT molecular complexity index is 960. The fourth-order valence-electron chi connectivity index (χ4n) is 4.34. The van der Waals surface area contributed by atoms with Crippen LogP contribution in [0.5, 0.6) is 0 Å². The molecule has 2 N–H and O–H groups in total. The van der Waals surface area contributed by atoms with E-state index in [0.717, 1.165) is 25.7 Å². The number of pyridine rings is 1. The number of nitrogens with one attached hydrogen (secondary N) is 2. The van der Waals surface area contributed by atoms with Crippen LogP contribution in [0.3, 0.4) is 0 Å². The van der Waals surface area contributed by atoms with E-state index in [1.807, 2.05) is 17.0 Å². The molecular weight excluding hydrogens is 358 g/mol. The second-order valence-corrected chi connectivity index (χ2v) is 7.77. The number of hydrogen-bond acceptors (Lipinski definition) is 4. The molecular formula is C21H25N3O4. The van der Waals surface area contributed by atoms with Gasteiger partial charge in [0, 0.05) is 43.5 Å². The monoisotopic (exact) mass is 383 g/mol. The zero-order valence-electron chi connectivity index (χ0n) is 16.0. The molecule has 2 aliphatic rings. The molecule has 2 fully saturated rings. The molecule has 3 heterocycles. The molecule has 0 bridgehead atoms. The van der Waals surface area contributed by atoms with Crippen molar-refractivity contribution in [2.75, 3.05) is 19.6 Å². The van der Waals surface area contributed by atoms with Crippen molar-refractivity contribution in [1.29, 1.82) is 0 Å². The minimum Gasteiger partial charge on any atom is -0.370 e. The summed E-state index contributed by atoms with van der Waals surface area (Å²) in [6.07, 6.45) is 5.04. The van der Waals surface area contributed by atoms with Crippen molar-refractivity contribution >= 4 is 22.6 Å². The van der Waals surface area contributed by atoms with Gasteiger partial charge in [-0.2, -0.15) is 0 Å². The van der Waals surface area contributed by atoms with Gasteiger partial charge in [0.1, 0.15) is 0 Å². The van der Waals surface area contributed by atoms with E-state index in [0.29, 0.717) is 36.0 Å². The standard InChI is InChI=1S/C21H25N3O4/c1-14(25)22-12-15-6-7-21(28-15)8-10-24(11-9-21)20(27)18-13-23-19(26)17-5-3-2-4-16(17)18/h2-5,13,15H,6-12H2,1H3,(H,22,25)(H,23,26)/t15-/m1/s1. The molecule has 7 nitrogen and oxygen atoms in total. The fraction of sp³-hybridized carbons (Fsp3) is 0.476. The maximum atomic E-state index is 13.1. The molecule has 4 rings (SSSR count). The summed E-state index contributed by atoms with van der Waals surface area (Å²) in [4.78, 5) is 40.7. The third kappa shape index (κ3) is 3.54. The number of H-pyrrole nitrogens is 1. The Morgan fingerprint density at radius 3 is 2.64 bits per heavy atom. The van der Waals surface area contributed by atoms with Crippen molar-refractivity contribution < 1.29 is 14.3 Å². The number of nitrogens with zero attached hydrogens (tertiary/aromatic N) is 1. The van der Waals surface area contributed by atoms with Crippen LogP contribution in [0, 0.1) is 0 Å². The van der Waals surface area contributed by atoms with E-state index in [1.54, 1.807) is 12.1 Å². The van der Waals surface area contributed by atoms with Crippen LogP contribution >= 0.6 is 0 Å². The van der Waals surface area contributed by atoms with Gasteiger partial charge in [0.05, 0.1) is 17.3 Å². The molecule has 2 amide bonds. The van der Waals surface area contributed by atoms with Gasteiger partial charge >= 0.3 is 0 Å². The zero-order chi connectivity index (χ0) is 19.7. The fourth-order valence-corrected chi connectivity index (χ4v) is 4.34. The van der Waals surface area contributed by atoms with Gasteiger partial charge < -0.3 is 19.9 Å². The number of rotatable bonds is 3. The summed E-state index contributed by atoms with van der Waals surface area (Å²) in [6.45, 7) is 3.30. The quantitative estimate of drug-likeness (QED) is 0.846. The molecule has 0 aliphatic carbocycles. The first-order chi connectivity index (χ1) is 13.5. The minimum atomic E-state index is -0.188. The molecule has 1 atom stereocenters. The molecule has 0 radical (unpaired) electrons. The Labute approximate surface area is 163 Å². The Morgan fingerprint density at radius 1 is 1.21 bits per heavy atom. The normalized spacial score (nSPS) is 21.2. The first kappa shape index (κ1) is 18.7. The van der Waals surface area contributed by atoms with Crippen molar-refractivity contribution in [3.63, 3.8) is 0 Å². The van der Waals surface area contributed by atoms with Crippen molar-refractivity contribution in [2.45, 2.75) is 44.3 Å². The molecule has 1 spiro atoms. The van der Waals surface area contributed by atoms with E-state index < -0.39 is 0 Å². The molecule has 148 valence electrons. The lowest BCUT2D eigenvalue weighted by atomic mass is 9.88. The van der Waals surface area contributed by atoms with Crippen molar-refractivity contribution in [1.82, 2.24) is 15.2 Å². The third-order valence-corrected chi connectivity index (χ3v) is 5.92.